The van der Waals surface area contributed by atoms with E-state index in [0.717, 1.165) is 12.1 Å². The Hall–Kier alpha value is -4.41. The standard InChI is InChI=1S/C22H15F3N6O2/c1-12-9-31(11-26-12)17-5-13(4-15(6-17)22(23,24)25)20-29-18-3-2-16(7-19(18)30-20)28-21(32)14-8-27-33-10-14/h2-11H,1H3,(H,28,32)(H,29,30). The molecule has 8 nitrogen and oxygen atoms in total. The Bertz CT molecular complexity index is 1470. The minimum Gasteiger partial charge on any atom is -0.364 e. The number of H-pyrrole nitrogens is 1. The summed E-state index contributed by atoms with van der Waals surface area (Å²) in [6, 6.07) is 8.65. The summed E-state index contributed by atoms with van der Waals surface area (Å²) in [6.07, 6.45) is 1.07. The zero-order valence-corrected chi connectivity index (χ0v) is 17.0. The molecule has 2 aromatic carbocycles. The maximum absolute atomic E-state index is 13.6. The van der Waals surface area contributed by atoms with Crippen LogP contribution >= 0.6 is 0 Å². The second-order valence-electron chi connectivity index (χ2n) is 7.37. The van der Waals surface area contributed by atoms with Gasteiger partial charge in [0, 0.05) is 23.1 Å². The van der Waals surface area contributed by atoms with Crippen molar-refractivity contribution in [1.29, 1.82) is 0 Å². The lowest BCUT2D eigenvalue weighted by molar-refractivity contribution is -0.137. The maximum atomic E-state index is 13.6. The number of imidazole rings is 2. The summed E-state index contributed by atoms with van der Waals surface area (Å²) in [4.78, 5) is 23.7. The zero-order valence-electron chi connectivity index (χ0n) is 17.0. The summed E-state index contributed by atoms with van der Waals surface area (Å²) in [7, 11) is 0. The Labute approximate surface area is 184 Å². The van der Waals surface area contributed by atoms with Crippen molar-refractivity contribution in [3.63, 3.8) is 0 Å². The van der Waals surface area contributed by atoms with Crippen LogP contribution in [-0.2, 0) is 6.18 Å². The van der Waals surface area contributed by atoms with Crippen LogP contribution < -0.4 is 5.32 Å². The number of nitrogens with one attached hydrogen (secondary N) is 2. The molecule has 0 aliphatic rings. The normalized spacial score (nSPS) is 11.8. The van der Waals surface area contributed by atoms with E-state index in [1.54, 1.807) is 37.4 Å². The number of alkyl halides is 3. The number of rotatable bonds is 4. The molecular formula is C22H15F3N6O2. The molecular weight excluding hydrogens is 437 g/mol. The lowest BCUT2D eigenvalue weighted by atomic mass is 10.1. The van der Waals surface area contributed by atoms with Crippen LogP contribution in [0, 0.1) is 6.92 Å². The molecule has 2 N–H and O–H groups in total. The number of hydrogen-bond donors (Lipinski definition) is 2. The van der Waals surface area contributed by atoms with E-state index in [-0.39, 0.29) is 17.0 Å². The number of benzene rings is 2. The van der Waals surface area contributed by atoms with Crippen molar-refractivity contribution in [2.45, 2.75) is 13.1 Å². The smallest absolute Gasteiger partial charge is 0.364 e. The predicted molar refractivity (Wildman–Crippen MR) is 113 cm³/mol. The van der Waals surface area contributed by atoms with Gasteiger partial charge >= 0.3 is 6.18 Å². The van der Waals surface area contributed by atoms with E-state index in [0.29, 0.717) is 28.1 Å². The number of anilines is 1. The van der Waals surface area contributed by atoms with Crippen LogP contribution in [0.15, 0.2) is 65.9 Å². The number of hydrogen-bond acceptors (Lipinski definition) is 5. The monoisotopic (exact) mass is 452 g/mol. The van der Waals surface area contributed by atoms with Crippen molar-refractivity contribution in [1.82, 2.24) is 24.7 Å². The van der Waals surface area contributed by atoms with Crippen LogP contribution in [0.1, 0.15) is 21.6 Å². The Balaban J connectivity index is 1.53. The number of halogens is 3. The van der Waals surface area contributed by atoms with Crippen molar-refractivity contribution < 1.29 is 22.5 Å². The van der Waals surface area contributed by atoms with Gasteiger partial charge in [0.15, 0.2) is 0 Å². The fourth-order valence-electron chi connectivity index (χ4n) is 3.37. The quantitative estimate of drug-likeness (QED) is 0.400. The summed E-state index contributed by atoms with van der Waals surface area (Å²) < 4.78 is 46.9. The predicted octanol–water partition coefficient (Wildman–Crippen LogP) is 4.98. The van der Waals surface area contributed by atoms with Gasteiger partial charge < -0.3 is 19.4 Å². The van der Waals surface area contributed by atoms with Crippen molar-refractivity contribution in [3.8, 4) is 17.1 Å². The molecule has 0 atom stereocenters. The molecule has 11 heteroatoms. The molecule has 5 aromatic rings. The number of fused-ring (bicyclic) bond motifs is 1. The SMILES string of the molecule is Cc1cn(-c2cc(-c3nc4ccc(NC(=O)c5cnoc5)cc4[nH]3)cc(C(F)(F)F)c2)cn1. The fraction of sp³-hybridized carbons (Fsp3) is 0.0909. The minimum atomic E-state index is -4.54. The van der Waals surface area contributed by atoms with Gasteiger partial charge in [-0.15, -0.1) is 0 Å². The number of nitrogens with zero attached hydrogens (tertiary/aromatic N) is 4. The van der Waals surface area contributed by atoms with Crippen molar-refractivity contribution in [3.05, 3.63) is 78.2 Å². The molecule has 3 aromatic heterocycles. The third-order valence-electron chi connectivity index (χ3n) is 4.96. The third-order valence-corrected chi connectivity index (χ3v) is 4.96. The van der Waals surface area contributed by atoms with Crippen molar-refractivity contribution in [2.75, 3.05) is 5.32 Å². The summed E-state index contributed by atoms with van der Waals surface area (Å²) >= 11 is 0. The number of aromatic nitrogens is 5. The molecule has 3 heterocycles. The second-order valence-corrected chi connectivity index (χ2v) is 7.37. The number of aryl methyl sites for hydroxylation is 1. The van der Waals surface area contributed by atoms with Crippen molar-refractivity contribution in [2.24, 2.45) is 0 Å². The third kappa shape index (κ3) is 4.07. The molecule has 166 valence electrons. The molecule has 0 aliphatic heterocycles. The van der Waals surface area contributed by atoms with Crippen molar-refractivity contribution >= 4 is 22.6 Å². The first-order valence-electron chi connectivity index (χ1n) is 9.70. The van der Waals surface area contributed by atoms with Gasteiger partial charge in [0.25, 0.3) is 5.91 Å². The molecule has 1 amide bonds. The highest BCUT2D eigenvalue weighted by Crippen LogP contribution is 2.34. The molecule has 5 rings (SSSR count). The van der Waals surface area contributed by atoms with E-state index in [1.165, 1.54) is 23.4 Å². The largest absolute Gasteiger partial charge is 0.416 e. The van der Waals surface area contributed by atoms with Gasteiger partial charge in [-0.1, -0.05) is 5.16 Å². The molecule has 0 bridgehead atoms. The molecule has 0 radical (unpaired) electrons. The molecule has 0 saturated heterocycles. The van der Waals surface area contributed by atoms with E-state index in [1.807, 2.05) is 0 Å². The number of carbonyl (C=O) groups is 1. The van der Waals surface area contributed by atoms with Gasteiger partial charge in [0.2, 0.25) is 0 Å². The van der Waals surface area contributed by atoms with Crippen LogP contribution in [0.2, 0.25) is 0 Å². The summed E-state index contributed by atoms with van der Waals surface area (Å²) in [5.41, 5.74) is 2.26. The topological polar surface area (TPSA) is 102 Å². The van der Waals surface area contributed by atoms with Crippen LogP contribution in [0.3, 0.4) is 0 Å². The van der Waals surface area contributed by atoms with E-state index < -0.39 is 17.6 Å². The highest BCUT2D eigenvalue weighted by atomic mass is 19.4. The molecule has 0 fully saturated rings. The average molecular weight is 452 g/mol. The molecule has 0 unspecified atom stereocenters. The highest BCUT2D eigenvalue weighted by molar-refractivity contribution is 6.04. The zero-order chi connectivity index (χ0) is 23.2. The van der Waals surface area contributed by atoms with E-state index in [9.17, 15) is 18.0 Å². The molecule has 33 heavy (non-hydrogen) atoms. The average Bonchev–Trinajstić information content (AvgIpc) is 3.53. The number of amides is 1. The molecule has 0 aliphatic carbocycles. The van der Waals surface area contributed by atoms with Gasteiger partial charge in [-0.05, 0) is 43.3 Å². The minimum absolute atomic E-state index is 0.256. The lowest BCUT2D eigenvalue weighted by Gasteiger charge is -2.12. The van der Waals surface area contributed by atoms with Gasteiger partial charge in [0.05, 0.1) is 40.4 Å². The lowest BCUT2D eigenvalue weighted by Crippen LogP contribution is -2.10. The van der Waals surface area contributed by atoms with Crippen LogP contribution in [0.25, 0.3) is 28.1 Å². The highest BCUT2D eigenvalue weighted by Gasteiger charge is 2.31. The first-order valence-corrected chi connectivity index (χ1v) is 9.70. The van der Waals surface area contributed by atoms with E-state index >= 15 is 0 Å². The summed E-state index contributed by atoms with van der Waals surface area (Å²) in [6.45, 7) is 1.75. The number of carbonyl (C=O) groups excluding carboxylic acids is 1. The Morgan fingerprint density at radius 2 is 2.03 bits per heavy atom. The Morgan fingerprint density at radius 3 is 2.73 bits per heavy atom. The van der Waals surface area contributed by atoms with Crippen LogP contribution in [0.4, 0.5) is 18.9 Å². The second kappa shape index (κ2) is 7.62. The van der Waals surface area contributed by atoms with E-state index in [4.69, 9.17) is 0 Å². The van der Waals surface area contributed by atoms with Gasteiger partial charge in [-0.25, -0.2) is 9.97 Å². The van der Waals surface area contributed by atoms with E-state index in [2.05, 4.69) is 29.9 Å². The van der Waals surface area contributed by atoms with Crippen LogP contribution in [0.5, 0.6) is 0 Å². The molecule has 0 saturated carbocycles. The summed E-state index contributed by atoms with van der Waals surface area (Å²) in [5.74, 6) is -0.148. The van der Waals surface area contributed by atoms with Gasteiger partial charge in [-0.2, -0.15) is 13.2 Å². The maximum Gasteiger partial charge on any atom is 0.416 e. The first kappa shape index (κ1) is 20.5. The van der Waals surface area contributed by atoms with Gasteiger partial charge in [0.1, 0.15) is 12.1 Å². The van der Waals surface area contributed by atoms with Gasteiger partial charge in [-0.3, -0.25) is 4.79 Å². The summed E-state index contributed by atoms with van der Waals surface area (Å²) in [5, 5.41) is 6.19. The Morgan fingerprint density at radius 1 is 1.18 bits per heavy atom. The number of aromatic amines is 1. The fourth-order valence-corrected chi connectivity index (χ4v) is 3.37. The Kier molecular flexibility index (Phi) is 4.73. The molecule has 0 spiro atoms. The first-order chi connectivity index (χ1) is 15.8. The van der Waals surface area contributed by atoms with Crippen LogP contribution in [-0.4, -0.2) is 30.6 Å².